The number of carboxylic acids is 1. The highest BCUT2D eigenvalue weighted by Gasteiger charge is 2.41. The summed E-state index contributed by atoms with van der Waals surface area (Å²) in [6.07, 6.45) is -1.01. The Morgan fingerprint density at radius 1 is 1.10 bits per heavy atom. The number of hydrogen-bond acceptors (Lipinski definition) is 7. The Morgan fingerprint density at radius 3 is 2.43 bits per heavy atom. The Balaban J connectivity index is 1.49. The van der Waals surface area contributed by atoms with Crippen LogP contribution in [0.4, 0.5) is 18.3 Å². The molecule has 1 unspecified atom stereocenters. The van der Waals surface area contributed by atoms with Gasteiger partial charge in [0.15, 0.2) is 5.13 Å². The molecule has 1 aliphatic carbocycles. The number of fused-ring (bicyclic) bond motifs is 1. The van der Waals surface area contributed by atoms with Gasteiger partial charge in [-0.3, -0.25) is 4.79 Å². The second-order valence-electron chi connectivity index (χ2n) is 10.9. The van der Waals surface area contributed by atoms with Crippen LogP contribution in [0.5, 0.6) is 0 Å². The Labute approximate surface area is 245 Å². The lowest BCUT2D eigenvalue weighted by Gasteiger charge is -2.32. The van der Waals surface area contributed by atoms with Gasteiger partial charge in [0.25, 0.3) is 0 Å². The molecule has 5 rings (SSSR count). The highest BCUT2D eigenvalue weighted by molar-refractivity contribution is 7.89. The molecule has 1 saturated carbocycles. The lowest BCUT2D eigenvalue weighted by atomic mass is 9.86. The van der Waals surface area contributed by atoms with E-state index < -0.39 is 44.5 Å². The lowest BCUT2D eigenvalue weighted by molar-refractivity contribution is -0.140. The quantitative estimate of drug-likeness (QED) is 0.351. The van der Waals surface area contributed by atoms with Gasteiger partial charge in [0, 0.05) is 26.2 Å². The number of hydrogen-bond donors (Lipinski definition) is 2. The van der Waals surface area contributed by atoms with Gasteiger partial charge in [-0.15, -0.1) is 0 Å². The third-order valence-corrected chi connectivity index (χ3v) is 10.9. The number of alkyl halides is 3. The van der Waals surface area contributed by atoms with Crippen molar-refractivity contribution in [2.45, 2.75) is 49.1 Å². The van der Waals surface area contributed by atoms with Crippen LogP contribution < -0.4 is 5.32 Å². The lowest BCUT2D eigenvalue weighted by Crippen LogP contribution is -2.47. The molecular formula is C28H31F3N4O5S2. The van der Waals surface area contributed by atoms with E-state index >= 15 is 0 Å². The fraction of sp³-hybridized carbons (Fsp3) is 0.464. The predicted octanol–water partition coefficient (Wildman–Crippen LogP) is 5.25. The van der Waals surface area contributed by atoms with Crippen molar-refractivity contribution in [2.75, 3.05) is 38.5 Å². The molecule has 1 atom stereocenters. The standard InChI is InChI=1S/C28H31F3N4O5S2/c1-34-10-12-35(13-11-34)42(39,40)24-9-7-18(15-21(24)28(29,30)31)20(14-17-4-2-3-5-17)25(36)33-27-32-22-8-6-19(26(37)38)16-23(22)41-27/h6-9,15-17,20H,2-5,10-14H2,1H3,(H,37,38)(H,32,33,36). The van der Waals surface area contributed by atoms with Crippen LogP contribution in [-0.2, 0) is 21.0 Å². The second kappa shape index (κ2) is 11.9. The molecule has 14 heteroatoms. The van der Waals surface area contributed by atoms with Gasteiger partial charge in [0.2, 0.25) is 15.9 Å². The molecule has 9 nitrogen and oxygen atoms in total. The number of rotatable bonds is 8. The van der Waals surface area contributed by atoms with Crippen molar-refractivity contribution >= 4 is 48.6 Å². The number of carbonyl (C=O) groups is 2. The van der Waals surface area contributed by atoms with Crippen LogP contribution in [0.1, 0.15) is 59.5 Å². The van der Waals surface area contributed by atoms with Crippen molar-refractivity contribution in [3.8, 4) is 0 Å². The van der Waals surface area contributed by atoms with Gasteiger partial charge in [-0.2, -0.15) is 17.5 Å². The van der Waals surface area contributed by atoms with E-state index in [-0.39, 0.29) is 35.3 Å². The summed E-state index contributed by atoms with van der Waals surface area (Å²) in [7, 11) is -2.60. The normalized spacial score (nSPS) is 18.4. The number of piperazine rings is 1. The zero-order chi connectivity index (χ0) is 30.2. The Kier molecular flexibility index (Phi) is 8.61. The van der Waals surface area contributed by atoms with Crippen LogP contribution >= 0.6 is 11.3 Å². The number of halogens is 3. The molecule has 1 saturated heterocycles. The van der Waals surface area contributed by atoms with Crippen molar-refractivity contribution in [2.24, 2.45) is 5.92 Å². The van der Waals surface area contributed by atoms with Gasteiger partial charge >= 0.3 is 12.1 Å². The van der Waals surface area contributed by atoms with Gasteiger partial charge in [0.05, 0.1) is 32.2 Å². The highest BCUT2D eigenvalue weighted by Crippen LogP contribution is 2.40. The smallest absolute Gasteiger partial charge is 0.417 e. The monoisotopic (exact) mass is 624 g/mol. The summed E-state index contributed by atoms with van der Waals surface area (Å²) in [5, 5.41) is 12.2. The topological polar surface area (TPSA) is 120 Å². The SMILES string of the molecule is CN1CCN(S(=O)(=O)c2ccc(C(CC3CCCC3)C(=O)Nc3nc4ccc(C(=O)O)cc4s3)cc2C(F)(F)F)CC1. The van der Waals surface area contributed by atoms with Crippen LogP contribution in [0.25, 0.3) is 10.2 Å². The second-order valence-corrected chi connectivity index (χ2v) is 13.8. The van der Waals surface area contributed by atoms with Gasteiger partial charge in [-0.05, 0) is 55.3 Å². The summed E-state index contributed by atoms with van der Waals surface area (Å²) < 4.78 is 71.4. The Bertz CT molecular complexity index is 1590. The van der Waals surface area contributed by atoms with E-state index in [1.54, 1.807) is 0 Å². The molecule has 1 aromatic heterocycles. The molecular weight excluding hydrogens is 593 g/mol. The van der Waals surface area contributed by atoms with Gasteiger partial charge in [-0.1, -0.05) is 43.1 Å². The third kappa shape index (κ3) is 6.46. The number of sulfonamides is 1. The number of carboxylic acid groups (broad SMARTS) is 1. The average molecular weight is 625 g/mol. The number of aromatic nitrogens is 1. The van der Waals surface area contributed by atoms with Crippen LogP contribution in [0.2, 0.25) is 0 Å². The summed E-state index contributed by atoms with van der Waals surface area (Å²) in [5.41, 5.74) is -0.664. The first-order valence-corrected chi connectivity index (χ1v) is 15.9. The van der Waals surface area contributed by atoms with Crippen molar-refractivity contribution in [3.05, 3.63) is 53.1 Å². The minimum Gasteiger partial charge on any atom is -0.478 e. The molecule has 2 fully saturated rings. The molecule has 2 aliphatic rings. The van der Waals surface area contributed by atoms with Crippen LogP contribution in [0.15, 0.2) is 41.3 Å². The Morgan fingerprint density at radius 2 is 1.79 bits per heavy atom. The summed E-state index contributed by atoms with van der Waals surface area (Å²) in [6.45, 7) is 0.985. The molecule has 2 heterocycles. The molecule has 0 spiro atoms. The van der Waals surface area contributed by atoms with E-state index in [9.17, 15) is 36.3 Å². The fourth-order valence-electron chi connectivity index (χ4n) is 5.66. The fourth-order valence-corrected chi connectivity index (χ4v) is 8.18. The van der Waals surface area contributed by atoms with E-state index in [4.69, 9.17) is 0 Å². The van der Waals surface area contributed by atoms with E-state index in [1.165, 1.54) is 24.3 Å². The number of nitrogens with one attached hydrogen (secondary N) is 1. The predicted molar refractivity (Wildman–Crippen MR) is 152 cm³/mol. The van der Waals surface area contributed by atoms with E-state index in [1.807, 2.05) is 11.9 Å². The Hall–Kier alpha value is -3.07. The van der Waals surface area contributed by atoms with Crippen molar-refractivity contribution in [1.82, 2.24) is 14.2 Å². The number of anilines is 1. The number of likely N-dealkylation sites (N-methyl/N-ethyl adjacent to an activating group) is 1. The zero-order valence-corrected chi connectivity index (χ0v) is 24.5. The summed E-state index contributed by atoms with van der Waals surface area (Å²) in [5.74, 6) is -2.50. The largest absolute Gasteiger partial charge is 0.478 e. The number of aromatic carboxylic acids is 1. The zero-order valence-electron chi connectivity index (χ0n) is 22.9. The first-order chi connectivity index (χ1) is 19.8. The minimum atomic E-state index is -4.96. The molecule has 0 radical (unpaired) electrons. The molecule has 0 bridgehead atoms. The third-order valence-electron chi connectivity index (χ3n) is 8.02. The van der Waals surface area contributed by atoms with Crippen molar-refractivity contribution < 1.29 is 36.3 Å². The van der Waals surface area contributed by atoms with Gasteiger partial charge in [0.1, 0.15) is 0 Å². The molecule has 1 amide bonds. The molecule has 226 valence electrons. The van der Waals surface area contributed by atoms with Crippen LogP contribution in [0, 0.1) is 5.92 Å². The molecule has 3 aromatic rings. The molecule has 2 N–H and O–H groups in total. The highest BCUT2D eigenvalue weighted by atomic mass is 32.2. The molecule has 2 aromatic carbocycles. The molecule has 1 aliphatic heterocycles. The number of benzene rings is 2. The van der Waals surface area contributed by atoms with Crippen molar-refractivity contribution in [3.63, 3.8) is 0 Å². The summed E-state index contributed by atoms with van der Waals surface area (Å²) >= 11 is 1.07. The maximum Gasteiger partial charge on any atom is 0.417 e. The molecule has 42 heavy (non-hydrogen) atoms. The number of nitrogens with zero attached hydrogens (tertiary/aromatic N) is 3. The number of thiazole rings is 1. The van der Waals surface area contributed by atoms with Gasteiger partial charge in [-0.25, -0.2) is 18.2 Å². The van der Waals surface area contributed by atoms with E-state index in [2.05, 4.69) is 10.3 Å². The van der Waals surface area contributed by atoms with E-state index in [0.29, 0.717) is 29.7 Å². The summed E-state index contributed by atoms with van der Waals surface area (Å²) in [4.78, 5) is 30.4. The minimum absolute atomic E-state index is 0.0643. The average Bonchev–Trinajstić information content (AvgIpc) is 3.60. The first kappa shape index (κ1) is 30.4. The van der Waals surface area contributed by atoms with Gasteiger partial charge < -0.3 is 15.3 Å². The van der Waals surface area contributed by atoms with E-state index in [0.717, 1.165) is 53.5 Å². The van der Waals surface area contributed by atoms with Crippen LogP contribution in [0.3, 0.4) is 0 Å². The van der Waals surface area contributed by atoms with Crippen molar-refractivity contribution in [1.29, 1.82) is 0 Å². The summed E-state index contributed by atoms with van der Waals surface area (Å²) in [6, 6.07) is 7.46. The maximum atomic E-state index is 14.4. The maximum absolute atomic E-state index is 14.4. The number of amides is 1. The first-order valence-electron chi connectivity index (χ1n) is 13.7. The number of carbonyl (C=O) groups excluding carboxylic acids is 1. The van der Waals surface area contributed by atoms with Crippen LogP contribution in [-0.4, -0.2) is 72.8 Å².